The van der Waals surface area contributed by atoms with E-state index in [0.717, 1.165) is 76.0 Å². The summed E-state index contributed by atoms with van der Waals surface area (Å²) in [5, 5.41) is 2.26. The lowest BCUT2D eigenvalue weighted by Gasteiger charge is -2.13. The van der Waals surface area contributed by atoms with E-state index in [0.29, 0.717) is 11.6 Å². The highest BCUT2D eigenvalue weighted by Gasteiger charge is 2.23. The first kappa shape index (κ1) is 32.6. The third-order valence-electron chi connectivity index (χ3n) is 10.4. The molecule has 4 nitrogen and oxygen atoms in total. The monoisotopic (exact) mass is 750 g/mol. The van der Waals surface area contributed by atoms with E-state index in [1.165, 1.54) is 20.5 Å². The van der Waals surface area contributed by atoms with Crippen LogP contribution in [0.3, 0.4) is 0 Å². The van der Waals surface area contributed by atoms with E-state index in [9.17, 15) is 0 Å². The molecule has 0 saturated heterocycles. The maximum absolute atomic E-state index is 5.43. The van der Waals surface area contributed by atoms with E-state index in [1.54, 1.807) is 22.7 Å². The second-order valence-electron chi connectivity index (χ2n) is 13.8. The lowest BCUT2D eigenvalue weighted by Crippen LogP contribution is -1.98. The van der Waals surface area contributed by atoms with Gasteiger partial charge in [0, 0.05) is 42.4 Å². The summed E-state index contributed by atoms with van der Waals surface area (Å²) < 4.78 is 4.48. The van der Waals surface area contributed by atoms with Gasteiger partial charge in [0.25, 0.3) is 0 Å². The van der Waals surface area contributed by atoms with Gasteiger partial charge in [0.1, 0.15) is 0 Å². The highest BCUT2D eigenvalue weighted by molar-refractivity contribution is 7.26. The molecule has 0 fully saturated rings. The third kappa shape index (κ3) is 5.58. The first-order chi connectivity index (χ1) is 27.7. The zero-order valence-corrected chi connectivity index (χ0v) is 31.6. The molecule has 0 spiro atoms. The van der Waals surface area contributed by atoms with E-state index >= 15 is 0 Å². The third-order valence-corrected chi connectivity index (χ3v) is 12.7. The number of hydrogen-bond acceptors (Lipinski definition) is 6. The molecule has 0 N–H and O–H groups in total. The summed E-state index contributed by atoms with van der Waals surface area (Å²) in [4.78, 5) is 21.4. The van der Waals surface area contributed by atoms with Crippen LogP contribution in [0.1, 0.15) is 0 Å². The van der Waals surface area contributed by atoms with Crippen LogP contribution >= 0.6 is 22.7 Å². The van der Waals surface area contributed by atoms with Gasteiger partial charge in [-0.15, -0.1) is 22.7 Å². The van der Waals surface area contributed by atoms with E-state index < -0.39 is 0 Å². The fourth-order valence-corrected chi connectivity index (χ4v) is 9.88. The quantitative estimate of drug-likeness (QED) is 0.170. The fourth-order valence-electron chi connectivity index (χ4n) is 7.59. The van der Waals surface area contributed by atoms with Crippen molar-refractivity contribution in [2.75, 3.05) is 0 Å². The number of thiophene rings is 2. The zero-order valence-electron chi connectivity index (χ0n) is 29.9. The Labute approximate surface area is 331 Å². The molecule has 6 heteroatoms. The van der Waals surface area contributed by atoms with E-state index in [4.69, 9.17) is 19.9 Å². The largest absolute Gasteiger partial charge is 0.226 e. The first-order valence-corrected chi connectivity index (χ1v) is 20.2. The molecule has 11 aromatic rings. The maximum atomic E-state index is 5.43. The second kappa shape index (κ2) is 13.5. The van der Waals surface area contributed by atoms with Crippen LogP contribution in [-0.4, -0.2) is 19.9 Å². The Morgan fingerprint density at radius 3 is 1.05 bits per heavy atom. The molecule has 0 unspecified atom stereocenters. The Bertz CT molecular complexity index is 3000. The van der Waals surface area contributed by atoms with Crippen LogP contribution in [0.4, 0.5) is 0 Å². The number of aromatic nitrogens is 4. The van der Waals surface area contributed by atoms with Crippen LogP contribution in [0.5, 0.6) is 0 Å². The van der Waals surface area contributed by atoms with Crippen LogP contribution in [0.2, 0.25) is 0 Å². The van der Waals surface area contributed by atoms with Gasteiger partial charge < -0.3 is 0 Å². The molecule has 0 atom stereocenters. The number of rotatable bonds is 6. The highest BCUT2D eigenvalue weighted by Crippen LogP contribution is 2.45. The van der Waals surface area contributed by atoms with Crippen LogP contribution in [-0.2, 0) is 0 Å². The first-order valence-electron chi connectivity index (χ1n) is 18.6. The standard InChI is InChI=1S/C50H30N4S2/c1-3-13-31(14-4-1)33-23-27-35(28-24-33)49-51-43(47-45(53-49)39-19-9-11-21-41(39)55-47)37-17-7-8-18-38(37)44-48-46(40-20-10-12-22-42(40)56-48)54-50(52-44)36-29-25-34(26-30-36)32-15-5-2-6-16-32/h1-30H. The smallest absolute Gasteiger partial charge is 0.160 e. The van der Waals surface area contributed by atoms with Crippen molar-refractivity contribution in [1.82, 2.24) is 19.9 Å². The Hall–Kier alpha value is -6.86. The molecule has 0 aliphatic heterocycles. The van der Waals surface area contributed by atoms with Gasteiger partial charge in [-0.1, -0.05) is 170 Å². The number of hydrogen-bond donors (Lipinski definition) is 0. The normalized spacial score (nSPS) is 11.6. The predicted molar refractivity (Wildman–Crippen MR) is 236 cm³/mol. The average Bonchev–Trinajstić information content (AvgIpc) is 3.85. The van der Waals surface area contributed by atoms with E-state index in [1.807, 2.05) is 12.1 Å². The topological polar surface area (TPSA) is 51.6 Å². The van der Waals surface area contributed by atoms with Crippen molar-refractivity contribution in [1.29, 1.82) is 0 Å². The van der Waals surface area contributed by atoms with Crippen molar-refractivity contribution in [3.05, 3.63) is 182 Å². The van der Waals surface area contributed by atoms with E-state index in [-0.39, 0.29) is 0 Å². The molecular weight excluding hydrogens is 721 g/mol. The van der Waals surface area contributed by atoms with Crippen molar-refractivity contribution in [3.8, 4) is 67.5 Å². The average molecular weight is 751 g/mol. The molecular formula is C50H30N4S2. The molecule has 262 valence electrons. The second-order valence-corrected chi connectivity index (χ2v) is 15.9. The van der Waals surface area contributed by atoms with Crippen molar-refractivity contribution >= 4 is 63.3 Å². The summed E-state index contributed by atoms with van der Waals surface area (Å²) in [6.07, 6.45) is 0. The molecule has 0 aliphatic rings. The molecule has 0 bridgehead atoms. The summed E-state index contributed by atoms with van der Waals surface area (Å²) >= 11 is 3.48. The Morgan fingerprint density at radius 1 is 0.286 bits per heavy atom. The summed E-state index contributed by atoms with van der Waals surface area (Å²) in [6.45, 7) is 0. The number of benzene rings is 7. The summed E-state index contributed by atoms with van der Waals surface area (Å²) in [5.74, 6) is 1.39. The Kier molecular flexibility index (Phi) is 7.83. The molecule has 56 heavy (non-hydrogen) atoms. The van der Waals surface area contributed by atoms with Gasteiger partial charge in [-0.05, 0) is 34.4 Å². The summed E-state index contributed by atoms with van der Waals surface area (Å²) in [7, 11) is 0. The summed E-state index contributed by atoms with van der Waals surface area (Å²) in [5.41, 5.74) is 12.3. The molecule has 0 amide bonds. The minimum Gasteiger partial charge on any atom is -0.226 e. The number of nitrogens with zero attached hydrogens (tertiary/aromatic N) is 4. The van der Waals surface area contributed by atoms with Gasteiger partial charge in [0.05, 0.1) is 31.8 Å². The maximum Gasteiger partial charge on any atom is 0.160 e. The van der Waals surface area contributed by atoms with Crippen molar-refractivity contribution in [2.24, 2.45) is 0 Å². The minimum atomic E-state index is 0.694. The van der Waals surface area contributed by atoms with Crippen molar-refractivity contribution in [3.63, 3.8) is 0 Å². The molecule has 0 radical (unpaired) electrons. The van der Waals surface area contributed by atoms with Crippen LogP contribution < -0.4 is 0 Å². The van der Waals surface area contributed by atoms with Crippen LogP contribution in [0, 0.1) is 0 Å². The Morgan fingerprint density at radius 2 is 0.625 bits per heavy atom. The minimum absolute atomic E-state index is 0.694. The molecule has 0 saturated carbocycles. The van der Waals surface area contributed by atoms with Gasteiger partial charge in [-0.25, -0.2) is 19.9 Å². The lowest BCUT2D eigenvalue weighted by molar-refractivity contribution is 1.23. The van der Waals surface area contributed by atoms with Crippen LogP contribution in [0.15, 0.2) is 182 Å². The lowest BCUT2D eigenvalue weighted by atomic mass is 9.99. The predicted octanol–water partition coefficient (Wildman–Crippen LogP) is 14.0. The molecule has 0 aliphatic carbocycles. The molecule has 11 rings (SSSR count). The molecule has 7 aromatic carbocycles. The molecule has 4 aromatic heterocycles. The molecule has 4 heterocycles. The van der Waals surface area contributed by atoms with Gasteiger partial charge in [0.15, 0.2) is 11.6 Å². The van der Waals surface area contributed by atoms with Gasteiger partial charge >= 0.3 is 0 Å². The SMILES string of the molecule is c1ccc(-c2ccc(-c3nc(-c4ccccc4-c4nc(-c5ccc(-c6ccccc6)cc5)nc5c4sc4ccccc45)c4sc5ccccc5c4n3)cc2)cc1. The fraction of sp³-hybridized carbons (Fsp3) is 0. The Balaban J connectivity index is 1.13. The van der Waals surface area contributed by atoms with Gasteiger partial charge in [-0.2, -0.15) is 0 Å². The highest BCUT2D eigenvalue weighted by atomic mass is 32.1. The van der Waals surface area contributed by atoms with E-state index in [2.05, 4.69) is 170 Å². The zero-order chi connectivity index (χ0) is 37.0. The van der Waals surface area contributed by atoms with Gasteiger partial charge in [0.2, 0.25) is 0 Å². The van der Waals surface area contributed by atoms with Gasteiger partial charge in [-0.3, -0.25) is 0 Å². The number of fused-ring (bicyclic) bond motifs is 6. The van der Waals surface area contributed by atoms with Crippen molar-refractivity contribution in [2.45, 2.75) is 0 Å². The van der Waals surface area contributed by atoms with Crippen molar-refractivity contribution < 1.29 is 0 Å². The summed E-state index contributed by atoms with van der Waals surface area (Å²) in [6, 6.07) is 63.7. The van der Waals surface area contributed by atoms with Crippen LogP contribution in [0.25, 0.3) is 108 Å².